The summed E-state index contributed by atoms with van der Waals surface area (Å²) in [6, 6.07) is 2.39. The number of urea groups is 1. The van der Waals surface area contributed by atoms with E-state index in [0.717, 1.165) is 12.5 Å². The first-order valence-corrected chi connectivity index (χ1v) is 7.95. The summed E-state index contributed by atoms with van der Waals surface area (Å²) in [5.74, 6) is -1.75. The second-order valence-corrected chi connectivity index (χ2v) is 7.04. The predicted molar refractivity (Wildman–Crippen MR) is 86.3 cm³/mol. The SMILES string of the molecule is CC(C)(C)C(NC(=O)CN1CCCNC1=O)c1ccc(F)cc1F. The van der Waals surface area contributed by atoms with Gasteiger partial charge in [-0.05, 0) is 17.9 Å². The highest BCUT2D eigenvalue weighted by atomic mass is 19.1. The Morgan fingerprint density at radius 1 is 1.38 bits per heavy atom. The van der Waals surface area contributed by atoms with Crippen molar-refractivity contribution in [3.63, 3.8) is 0 Å². The molecule has 1 aliphatic heterocycles. The Balaban J connectivity index is 2.14. The quantitative estimate of drug-likeness (QED) is 0.886. The van der Waals surface area contributed by atoms with Gasteiger partial charge in [0.05, 0.1) is 6.04 Å². The molecule has 5 nitrogen and oxygen atoms in total. The lowest BCUT2D eigenvalue weighted by Crippen LogP contribution is -2.51. The summed E-state index contributed by atoms with van der Waals surface area (Å²) in [5.41, 5.74) is -0.265. The Bertz CT molecular complexity index is 629. The summed E-state index contributed by atoms with van der Waals surface area (Å²) in [6.07, 6.45) is 0.772. The van der Waals surface area contributed by atoms with E-state index < -0.39 is 23.1 Å². The number of rotatable bonds is 4. The van der Waals surface area contributed by atoms with Gasteiger partial charge in [0, 0.05) is 24.7 Å². The highest BCUT2D eigenvalue weighted by Gasteiger charge is 2.31. The van der Waals surface area contributed by atoms with Gasteiger partial charge in [-0.3, -0.25) is 4.79 Å². The van der Waals surface area contributed by atoms with Crippen molar-refractivity contribution in [3.8, 4) is 0 Å². The molecule has 0 bridgehead atoms. The Labute approximate surface area is 140 Å². The number of halogens is 2. The number of hydrogen-bond acceptors (Lipinski definition) is 2. The van der Waals surface area contributed by atoms with Gasteiger partial charge in [-0.15, -0.1) is 0 Å². The molecule has 3 amide bonds. The van der Waals surface area contributed by atoms with Gasteiger partial charge in [-0.2, -0.15) is 0 Å². The summed E-state index contributed by atoms with van der Waals surface area (Å²) in [4.78, 5) is 25.5. The van der Waals surface area contributed by atoms with Gasteiger partial charge >= 0.3 is 6.03 Å². The third kappa shape index (κ3) is 4.43. The zero-order valence-electron chi connectivity index (χ0n) is 14.2. The molecule has 0 saturated carbocycles. The third-order valence-electron chi connectivity index (χ3n) is 3.95. The standard InChI is InChI=1S/C17H23F2N3O2/c1-17(2,3)15(12-6-5-11(18)9-13(12)19)21-14(23)10-22-8-4-7-20-16(22)24/h5-6,9,15H,4,7-8,10H2,1-3H3,(H,20,24)(H,21,23). The lowest BCUT2D eigenvalue weighted by Gasteiger charge is -2.33. The maximum absolute atomic E-state index is 14.1. The fraction of sp³-hybridized carbons (Fsp3) is 0.529. The number of benzene rings is 1. The summed E-state index contributed by atoms with van der Waals surface area (Å²) in [7, 11) is 0. The Morgan fingerprint density at radius 2 is 2.08 bits per heavy atom. The fourth-order valence-electron chi connectivity index (χ4n) is 2.71. The Morgan fingerprint density at radius 3 is 2.67 bits per heavy atom. The topological polar surface area (TPSA) is 61.4 Å². The first-order valence-electron chi connectivity index (χ1n) is 7.95. The molecule has 1 aliphatic rings. The van der Waals surface area contributed by atoms with Gasteiger partial charge in [0.2, 0.25) is 5.91 Å². The van der Waals surface area contributed by atoms with Crippen molar-refractivity contribution in [2.24, 2.45) is 5.41 Å². The molecular weight excluding hydrogens is 316 g/mol. The highest BCUT2D eigenvalue weighted by Crippen LogP contribution is 2.34. The second-order valence-electron chi connectivity index (χ2n) is 7.04. The molecule has 1 heterocycles. The fourth-order valence-corrected chi connectivity index (χ4v) is 2.71. The summed E-state index contributed by atoms with van der Waals surface area (Å²) < 4.78 is 27.3. The van der Waals surface area contributed by atoms with Crippen LogP contribution in [-0.2, 0) is 4.79 Å². The van der Waals surface area contributed by atoms with Crippen LogP contribution in [-0.4, -0.2) is 36.5 Å². The zero-order valence-corrected chi connectivity index (χ0v) is 14.2. The summed E-state index contributed by atoms with van der Waals surface area (Å²) in [5, 5.41) is 5.45. The van der Waals surface area contributed by atoms with Crippen LogP contribution < -0.4 is 10.6 Å². The van der Waals surface area contributed by atoms with E-state index in [1.54, 1.807) is 0 Å². The van der Waals surface area contributed by atoms with Crippen LogP contribution in [0.5, 0.6) is 0 Å². The van der Waals surface area contributed by atoms with Crippen LogP contribution in [0.25, 0.3) is 0 Å². The van der Waals surface area contributed by atoms with Gasteiger partial charge in [-0.1, -0.05) is 26.8 Å². The Hall–Kier alpha value is -2.18. The van der Waals surface area contributed by atoms with Crippen LogP contribution in [0.3, 0.4) is 0 Å². The molecule has 0 aliphatic carbocycles. The smallest absolute Gasteiger partial charge is 0.317 e. The maximum Gasteiger partial charge on any atom is 0.317 e. The van der Waals surface area contributed by atoms with Crippen LogP contribution in [0.4, 0.5) is 13.6 Å². The van der Waals surface area contributed by atoms with Crippen LogP contribution in [0.1, 0.15) is 38.8 Å². The van der Waals surface area contributed by atoms with E-state index in [1.165, 1.54) is 17.0 Å². The number of amides is 3. The lowest BCUT2D eigenvalue weighted by atomic mass is 9.82. The second kappa shape index (κ2) is 7.15. The van der Waals surface area contributed by atoms with Gasteiger partial charge in [0.1, 0.15) is 18.2 Å². The monoisotopic (exact) mass is 339 g/mol. The van der Waals surface area contributed by atoms with Gasteiger partial charge in [0.25, 0.3) is 0 Å². The Kier molecular flexibility index (Phi) is 5.41. The number of nitrogens with one attached hydrogen (secondary N) is 2. The molecule has 1 unspecified atom stereocenters. The lowest BCUT2D eigenvalue weighted by molar-refractivity contribution is -0.123. The average Bonchev–Trinajstić information content (AvgIpc) is 2.47. The average molecular weight is 339 g/mol. The molecule has 1 fully saturated rings. The van der Waals surface area contributed by atoms with Crippen LogP contribution >= 0.6 is 0 Å². The van der Waals surface area contributed by atoms with Gasteiger partial charge in [-0.25, -0.2) is 13.6 Å². The molecule has 1 aromatic rings. The number of carbonyl (C=O) groups excluding carboxylic acids is 2. The van der Waals surface area contributed by atoms with E-state index in [0.29, 0.717) is 13.1 Å². The number of hydrogen-bond donors (Lipinski definition) is 2. The van der Waals surface area contributed by atoms with Crippen molar-refractivity contribution in [2.45, 2.75) is 33.2 Å². The minimum Gasteiger partial charge on any atom is -0.347 e. The van der Waals surface area contributed by atoms with Crippen LogP contribution in [0.2, 0.25) is 0 Å². The van der Waals surface area contributed by atoms with Crippen molar-refractivity contribution >= 4 is 11.9 Å². The van der Waals surface area contributed by atoms with Crippen LogP contribution in [0.15, 0.2) is 18.2 Å². The van der Waals surface area contributed by atoms with Crippen molar-refractivity contribution in [1.29, 1.82) is 0 Å². The molecule has 0 spiro atoms. The molecule has 0 radical (unpaired) electrons. The van der Waals surface area contributed by atoms with Gasteiger partial charge in [0.15, 0.2) is 0 Å². The van der Waals surface area contributed by atoms with Crippen LogP contribution in [0, 0.1) is 17.0 Å². The normalized spacial score (nSPS) is 16.5. The van der Waals surface area contributed by atoms with Crippen molar-refractivity contribution in [3.05, 3.63) is 35.4 Å². The molecule has 2 N–H and O–H groups in total. The van der Waals surface area contributed by atoms with E-state index in [4.69, 9.17) is 0 Å². The first-order chi connectivity index (χ1) is 11.2. The largest absolute Gasteiger partial charge is 0.347 e. The van der Waals surface area contributed by atoms with E-state index in [1.807, 2.05) is 20.8 Å². The zero-order chi connectivity index (χ0) is 17.9. The number of nitrogens with zero attached hydrogens (tertiary/aromatic N) is 1. The minimum atomic E-state index is -0.703. The third-order valence-corrected chi connectivity index (χ3v) is 3.95. The van der Waals surface area contributed by atoms with E-state index in [2.05, 4.69) is 10.6 Å². The molecule has 24 heavy (non-hydrogen) atoms. The molecule has 0 aromatic heterocycles. The molecule has 1 aromatic carbocycles. The molecular formula is C17H23F2N3O2. The van der Waals surface area contributed by atoms with Crippen molar-refractivity contribution in [1.82, 2.24) is 15.5 Å². The van der Waals surface area contributed by atoms with Gasteiger partial charge < -0.3 is 15.5 Å². The summed E-state index contributed by atoms with van der Waals surface area (Å²) >= 11 is 0. The highest BCUT2D eigenvalue weighted by molar-refractivity contribution is 5.84. The molecule has 2 rings (SSSR count). The first kappa shape index (κ1) is 18.2. The molecule has 1 saturated heterocycles. The van der Waals surface area contributed by atoms with Crippen molar-refractivity contribution < 1.29 is 18.4 Å². The predicted octanol–water partition coefficient (Wildman–Crippen LogP) is 2.58. The molecule has 1 atom stereocenters. The summed E-state index contributed by atoms with van der Waals surface area (Å²) in [6.45, 7) is 6.57. The maximum atomic E-state index is 14.1. The minimum absolute atomic E-state index is 0.0960. The van der Waals surface area contributed by atoms with E-state index in [9.17, 15) is 18.4 Å². The van der Waals surface area contributed by atoms with E-state index >= 15 is 0 Å². The van der Waals surface area contributed by atoms with Crippen molar-refractivity contribution in [2.75, 3.05) is 19.6 Å². The number of carbonyl (C=O) groups is 2. The molecule has 132 valence electrons. The molecule has 7 heteroatoms. The van der Waals surface area contributed by atoms with E-state index in [-0.39, 0.29) is 24.0 Å².